The van der Waals surface area contributed by atoms with E-state index < -0.39 is 17.9 Å². The number of anilines is 2. The molecule has 2 aromatic rings. The molecule has 1 heterocycles. The molecule has 0 bridgehead atoms. The van der Waals surface area contributed by atoms with Crippen LogP contribution in [0.2, 0.25) is 5.02 Å². The lowest BCUT2D eigenvalue weighted by Gasteiger charge is -2.32. The predicted octanol–water partition coefficient (Wildman–Crippen LogP) is 4.57. The smallest absolute Gasteiger partial charge is 0.316 e. The number of hydrogen-bond acceptors (Lipinski definition) is 5. The first-order valence-corrected chi connectivity index (χ1v) is 9.60. The largest absolute Gasteiger partial charge is 0.468 e. The number of rotatable bonds is 2. The molecule has 2 aliphatic rings. The van der Waals surface area contributed by atoms with Crippen LogP contribution in [0.4, 0.5) is 11.4 Å². The molecule has 0 spiro atoms. The van der Waals surface area contributed by atoms with Gasteiger partial charge in [-0.15, -0.1) is 0 Å². The molecule has 3 atom stereocenters. The number of hydrogen-bond donors (Lipinski definition) is 2. The molecule has 0 saturated carbocycles. The molecule has 5 nitrogen and oxygen atoms in total. The maximum Gasteiger partial charge on any atom is 0.316 e. The van der Waals surface area contributed by atoms with Gasteiger partial charge in [-0.1, -0.05) is 42.8 Å². The zero-order valence-corrected chi connectivity index (χ0v) is 16.4. The summed E-state index contributed by atoms with van der Waals surface area (Å²) in [5.41, 5.74) is 4.12. The van der Waals surface area contributed by atoms with Crippen LogP contribution in [0, 0.1) is 11.8 Å². The number of benzene rings is 2. The Hall–Kier alpha value is -2.79. The van der Waals surface area contributed by atoms with Crippen molar-refractivity contribution in [3.63, 3.8) is 0 Å². The van der Waals surface area contributed by atoms with E-state index in [-0.39, 0.29) is 11.7 Å². The number of para-hydroxylation sites is 2. The van der Waals surface area contributed by atoms with Gasteiger partial charge in [0, 0.05) is 16.3 Å². The molecule has 2 aromatic carbocycles. The fourth-order valence-electron chi connectivity index (χ4n) is 4.04. The number of carbonyl (C=O) groups is 2. The van der Waals surface area contributed by atoms with Crippen LogP contribution in [0.25, 0.3) is 0 Å². The molecule has 1 aliphatic carbocycles. The molecule has 28 heavy (non-hydrogen) atoms. The van der Waals surface area contributed by atoms with Gasteiger partial charge < -0.3 is 15.4 Å². The minimum atomic E-state index is -0.802. The lowest BCUT2D eigenvalue weighted by molar-refractivity contribution is -0.151. The van der Waals surface area contributed by atoms with Gasteiger partial charge in [-0.3, -0.25) is 9.59 Å². The Bertz CT molecular complexity index is 968. The van der Waals surface area contributed by atoms with E-state index in [0.717, 1.165) is 22.6 Å². The lowest BCUT2D eigenvalue weighted by Crippen LogP contribution is -2.39. The highest BCUT2D eigenvalue weighted by Gasteiger charge is 2.44. The van der Waals surface area contributed by atoms with E-state index >= 15 is 0 Å². The first-order chi connectivity index (χ1) is 13.5. The van der Waals surface area contributed by atoms with Crippen molar-refractivity contribution >= 4 is 34.7 Å². The third-order valence-electron chi connectivity index (χ3n) is 5.43. The van der Waals surface area contributed by atoms with Crippen molar-refractivity contribution < 1.29 is 14.3 Å². The zero-order chi connectivity index (χ0) is 19.8. The van der Waals surface area contributed by atoms with Gasteiger partial charge in [0.15, 0.2) is 5.78 Å². The highest BCUT2D eigenvalue weighted by atomic mass is 35.5. The van der Waals surface area contributed by atoms with Crippen LogP contribution in [0.5, 0.6) is 0 Å². The van der Waals surface area contributed by atoms with Gasteiger partial charge in [0.05, 0.1) is 24.5 Å². The van der Waals surface area contributed by atoms with Crippen LogP contribution in [0.1, 0.15) is 24.9 Å². The second kappa shape index (κ2) is 7.32. The molecule has 0 radical (unpaired) electrons. The monoisotopic (exact) mass is 396 g/mol. The first kappa shape index (κ1) is 18.6. The number of halogens is 1. The Labute approximate surface area is 168 Å². The quantitative estimate of drug-likeness (QED) is 0.575. The minimum absolute atomic E-state index is 0.151. The maximum atomic E-state index is 13.5. The third kappa shape index (κ3) is 3.16. The molecule has 0 aromatic heterocycles. The summed E-state index contributed by atoms with van der Waals surface area (Å²) >= 11 is 6.06. The number of fused-ring (bicyclic) bond motifs is 1. The van der Waals surface area contributed by atoms with Gasteiger partial charge in [-0.2, -0.15) is 0 Å². The van der Waals surface area contributed by atoms with Crippen LogP contribution in [-0.4, -0.2) is 18.9 Å². The third-order valence-corrected chi connectivity index (χ3v) is 5.68. The number of nitrogens with one attached hydrogen (secondary N) is 2. The maximum absolute atomic E-state index is 13.5. The minimum Gasteiger partial charge on any atom is -0.468 e. The summed E-state index contributed by atoms with van der Waals surface area (Å²) in [6.07, 6.45) is 0.584. The summed E-state index contributed by atoms with van der Waals surface area (Å²) in [4.78, 5) is 25.8. The number of ether oxygens (including phenoxy) is 1. The van der Waals surface area contributed by atoms with Gasteiger partial charge in [0.25, 0.3) is 0 Å². The summed E-state index contributed by atoms with van der Waals surface area (Å²) in [6.45, 7) is 1.91. The summed E-state index contributed by atoms with van der Waals surface area (Å²) in [6, 6.07) is 14.8. The van der Waals surface area contributed by atoms with Crippen molar-refractivity contribution in [3.05, 3.63) is 70.4 Å². The number of ketones is 1. The fraction of sp³-hybridized carbons (Fsp3) is 0.273. The Morgan fingerprint density at radius 2 is 1.79 bits per heavy atom. The van der Waals surface area contributed by atoms with E-state index in [1.807, 2.05) is 43.3 Å². The van der Waals surface area contributed by atoms with E-state index in [2.05, 4.69) is 10.6 Å². The zero-order valence-electron chi connectivity index (χ0n) is 15.7. The topological polar surface area (TPSA) is 67.4 Å². The van der Waals surface area contributed by atoms with Crippen molar-refractivity contribution in [3.8, 4) is 0 Å². The van der Waals surface area contributed by atoms with Crippen LogP contribution in [0.15, 0.2) is 59.8 Å². The number of Topliss-reactive ketones (excluding diaryl/α,β-unsaturated/α-hetero) is 1. The number of methoxy groups -OCH3 is 1. The average Bonchev–Trinajstić information content (AvgIpc) is 2.85. The summed E-state index contributed by atoms with van der Waals surface area (Å²) in [5.74, 6) is -1.64. The highest BCUT2D eigenvalue weighted by molar-refractivity contribution is 6.30. The normalized spacial score (nSPS) is 23.7. The van der Waals surface area contributed by atoms with Crippen LogP contribution in [0.3, 0.4) is 0 Å². The van der Waals surface area contributed by atoms with E-state index in [4.69, 9.17) is 16.3 Å². The van der Waals surface area contributed by atoms with Crippen molar-refractivity contribution in [2.24, 2.45) is 11.8 Å². The highest BCUT2D eigenvalue weighted by Crippen LogP contribution is 2.43. The number of carbonyl (C=O) groups excluding carboxylic acids is 2. The number of esters is 1. The second-order valence-corrected chi connectivity index (χ2v) is 7.67. The van der Waals surface area contributed by atoms with Crippen LogP contribution < -0.4 is 10.6 Å². The van der Waals surface area contributed by atoms with Gasteiger partial charge in [-0.05, 0) is 42.2 Å². The fourth-order valence-corrected chi connectivity index (χ4v) is 4.17. The van der Waals surface area contributed by atoms with Crippen molar-refractivity contribution in [2.75, 3.05) is 17.7 Å². The molecule has 0 amide bonds. The van der Waals surface area contributed by atoms with Gasteiger partial charge >= 0.3 is 5.97 Å². The average molecular weight is 397 g/mol. The summed E-state index contributed by atoms with van der Waals surface area (Å²) < 4.78 is 4.92. The Balaban J connectivity index is 1.87. The summed E-state index contributed by atoms with van der Waals surface area (Å²) in [7, 11) is 1.32. The molecule has 4 rings (SSSR count). The van der Waals surface area contributed by atoms with Crippen LogP contribution >= 0.6 is 11.6 Å². The number of allylic oxidation sites excluding steroid dienone is 1. The second-order valence-electron chi connectivity index (χ2n) is 7.24. The SMILES string of the molecule is COC(=O)[C@H]1C(=O)C2=C(C[C@H]1C)Nc1ccccc1N[C@H]2c1ccc(Cl)cc1. The molecule has 2 N–H and O–H groups in total. The Morgan fingerprint density at radius 1 is 1.11 bits per heavy atom. The van der Waals surface area contributed by atoms with Gasteiger partial charge in [0.1, 0.15) is 5.92 Å². The van der Waals surface area contributed by atoms with E-state index in [1.54, 1.807) is 12.1 Å². The van der Waals surface area contributed by atoms with E-state index in [0.29, 0.717) is 17.0 Å². The van der Waals surface area contributed by atoms with Gasteiger partial charge in [-0.25, -0.2) is 0 Å². The van der Waals surface area contributed by atoms with Gasteiger partial charge in [0.2, 0.25) is 0 Å². The lowest BCUT2D eigenvalue weighted by atomic mass is 9.75. The molecular weight excluding hydrogens is 376 g/mol. The van der Waals surface area contributed by atoms with E-state index in [9.17, 15) is 9.59 Å². The standard InChI is InChI=1S/C22H21ClN2O3/c1-12-11-17-19(21(26)18(12)22(27)28-2)20(13-7-9-14(23)10-8-13)25-16-6-4-3-5-15(16)24-17/h3-10,12,18,20,24-25H,11H2,1-2H3/t12-,18-,20+/m1/s1. The Morgan fingerprint density at radius 3 is 2.46 bits per heavy atom. The molecule has 0 fully saturated rings. The molecular formula is C22H21ClN2O3. The molecule has 0 saturated heterocycles. The molecule has 6 heteroatoms. The molecule has 0 unspecified atom stereocenters. The first-order valence-electron chi connectivity index (χ1n) is 9.22. The van der Waals surface area contributed by atoms with Crippen molar-refractivity contribution in [1.29, 1.82) is 0 Å². The molecule has 1 aliphatic heterocycles. The summed E-state index contributed by atoms with van der Waals surface area (Å²) in [5, 5.41) is 7.54. The van der Waals surface area contributed by atoms with Crippen molar-refractivity contribution in [2.45, 2.75) is 19.4 Å². The van der Waals surface area contributed by atoms with Crippen LogP contribution in [-0.2, 0) is 14.3 Å². The predicted molar refractivity (Wildman–Crippen MR) is 109 cm³/mol. The van der Waals surface area contributed by atoms with Crippen molar-refractivity contribution in [1.82, 2.24) is 0 Å². The Kier molecular flexibility index (Phi) is 4.85. The molecule has 144 valence electrons. The van der Waals surface area contributed by atoms with E-state index in [1.165, 1.54) is 7.11 Å².